The molecular formula is C16H22N2O. The molecule has 3 heterocycles. The zero-order valence-corrected chi connectivity index (χ0v) is 11.8. The first-order chi connectivity index (χ1) is 9.31. The van der Waals surface area contributed by atoms with Gasteiger partial charge in [-0.25, -0.2) is 0 Å². The molecule has 0 atom stereocenters. The summed E-state index contributed by atoms with van der Waals surface area (Å²) >= 11 is 0. The maximum absolute atomic E-state index is 5.50. The lowest BCUT2D eigenvalue weighted by atomic mass is 10.1. The van der Waals surface area contributed by atoms with Crippen LogP contribution in [0.5, 0.6) is 0 Å². The molecule has 0 saturated carbocycles. The van der Waals surface area contributed by atoms with E-state index in [1.165, 1.54) is 16.9 Å². The van der Waals surface area contributed by atoms with E-state index >= 15 is 0 Å². The Balaban J connectivity index is 2.04. The second-order valence-corrected chi connectivity index (χ2v) is 5.27. The minimum atomic E-state index is 0.602. The number of aromatic nitrogens is 1. The maximum Gasteiger partial charge on any atom is 0.116 e. The zero-order chi connectivity index (χ0) is 13.2. The highest BCUT2D eigenvalue weighted by Gasteiger charge is 2.23. The Labute approximate surface area is 114 Å². The molecule has 19 heavy (non-hydrogen) atoms. The normalized spacial score (nSPS) is 16.9. The molecule has 2 aromatic rings. The van der Waals surface area contributed by atoms with E-state index in [0.717, 1.165) is 32.6 Å². The Hall–Kier alpha value is -1.48. The van der Waals surface area contributed by atoms with Crippen molar-refractivity contribution in [2.24, 2.45) is 0 Å². The quantitative estimate of drug-likeness (QED) is 0.840. The van der Waals surface area contributed by atoms with E-state index in [1.54, 1.807) is 0 Å². The number of pyridine rings is 1. The molecule has 0 spiro atoms. The van der Waals surface area contributed by atoms with Crippen molar-refractivity contribution < 1.29 is 4.74 Å². The van der Waals surface area contributed by atoms with Gasteiger partial charge in [-0.3, -0.25) is 0 Å². The Morgan fingerprint density at radius 2 is 2.05 bits per heavy atom. The smallest absolute Gasteiger partial charge is 0.116 e. The molecule has 0 aliphatic carbocycles. The van der Waals surface area contributed by atoms with Crippen molar-refractivity contribution in [1.82, 2.24) is 4.40 Å². The molecule has 2 aromatic heterocycles. The fraction of sp³-hybridized carbons (Fsp3) is 0.500. The van der Waals surface area contributed by atoms with Crippen molar-refractivity contribution in [3.05, 3.63) is 36.0 Å². The monoisotopic (exact) mass is 258 g/mol. The molecule has 0 aromatic carbocycles. The fourth-order valence-corrected chi connectivity index (χ4v) is 3.14. The van der Waals surface area contributed by atoms with E-state index in [-0.39, 0.29) is 0 Å². The molecule has 0 radical (unpaired) electrons. The zero-order valence-electron chi connectivity index (χ0n) is 11.8. The lowest BCUT2D eigenvalue weighted by Crippen LogP contribution is -2.40. The first kappa shape index (κ1) is 12.5. The molecule has 102 valence electrons. The van der Waals surface area contributed by atoms with Gasteiger partial charge < -0.3 is 14.0 Å². The summed E-state index contributed by atoms with van der Waals surface area (Å²) in [6.45, 7) is 7.28. The Kier molecular flexibility index (Phi) is 3.47. The summed E-state index contributed by atoms with van der Waals surface area (Å²) in [7, 11) is 0. The summed E-state index contributed by atoms with van der Waals surface area (Å²) in [5, 5.41) is 0. The lowest BCUT2D eigenvalue weighted by Gasteiger charge is -2.36. The number of fused-ring (bicyclic) bond motifs is 1. The average molecular weight is 258 g/mol. The van der Waals surface area contributed by atoms with Crippen LogP contribution >= 0.6 is 0 Å². The van der Waals surface area contributed by atoms with Crippen LogP contribution in [0.3, 0.4) is 0 Å². The van der Waals surface area contributed by atoms with Crippen molar-refractivity contribution in [3.8, 4) is 0 Å². The Morgan fingerprint density at radius 3 is 2.79 bits per heavy atom. The molecule has 3 nitrogen and oxygen atoms in total. The van der Waals surface area contributed by atoms with E-state index in [1.807, 2.05) is 0 Å². The number of rotatable bonds is 3. The van der Waals surface area contributed by atoms with Gasteiger partial charge in [0, 0.05) is 37.5 Å². The molecule has 1 fully saturated rings. The summed E-state index contributed by atoms with van der Waals surface area (Å²) in [4.78, 5) is 2.55. The van der Waals surface area contributed by atoms with Gasteiger partial charge in [-0.15, -0.1) is 0 Å². The molecule has 3 rings (SSSR count). The number of hydrogen-bond acceptors (Lipinski definition) is 2. The van der Waals surface area contributed by atoms with Gasteiger partial charge in [0.25, 0.3) is 0 Å². The molecule has 0 amide bonds. The highest BCUT2D eigenvalue weighted by atomic mass is 16.5. The summed E-state index contributed by atoms with van der Waals surface area (Å²) in [6, 6.07) is 9.31. The van der Waals surface area contributed by atoms with Crippen LogP contribution in [0.2, 0.25) is 0 Å². The van der Waals surface area contributed by atoms with Crippen molar-refractivity contribution in [1.29, 1.82) is 0 Å². The van der Waals surface area contributed by atoms with Crippen molar-refractivity contribution >= 4 is 11.3 Å². The predicted molar refractivity (Wildman–Crippen MR) is 79.0 cm³/mol. The van der Waals surface area contributed by atoms with Gasteiger partial charge in [-0.2, -0.15) is 0 Å². The third-order valence-corrected chi connectivity index (χ3v) is 4.11. The molecule has 1 aliphatic heterocycles. The largest absolute Gasteiger partial charge is 0.381 e. The molecule has 1 saturated heterocycles. The van der Waals surface area contributed by atoms with Crippen molar-refractivity contribution in [2.75, 3.05) is 24.7 Å². The van der Waals surface area contributed by atoms with Gasteiger partial charge in [0.05, 0.1) is 0 Å². The van der Waals surface area contributed by atoms with Crippen LogP contribution in [0.4, 0.5) is 5.82 Å². The number of aryl methyl sites for hydroxylation is 1. The number of ether oxygens (including phenoxy) is 1. The predicted octanol–water partition coefficient (Wildman–Crippen LogP) is 3.25. The molecule has 0 N–H and O–H groups in total. The minimum Gasteiger partial charge on any atom is -0.381 e. The van der Waals surface area contributed by atoms with Crippen LogP contribution in [0.15, 0.2) is 30.5 Å². The fourth-order valence-electron chi connectivity index (χ4n) is 3.14. The Morgan fingerprint density at radius 1 is 1.26 bits per heavy atom. The summed E-state index contributed by atoms with van der Waals surface area (Å²) < 4.78 is 7.81. The summed E-state index contributed by atoms with van der Waals surface area (Å²) in [5.41, 5.74) is 2.61. The average Bonchev–Trinajstić information content (AvgIpc) is 2.91. The number of nitrogens with zero attached hydrogens (tertiary/aromatic N) is 2. The van der Waals surface area contributed by atoms with Crippen LogP contribution in [-0.2, 0) is 4.74 Å². The van der Waals surface area contributed by atoms with Crippen LogP contribution in [0.25, 0.3) is 5.52 Å². The van der Waals surface area contributed by atoms with E-state index in [0.29, 0.717) is 6.04 Å². The highest BCUT2D eigenvalue weighted by Crippen LogP contribution is 2.27. The minimum absolute atomic E-state index is 0.602. The van der Waals surface area contributed by atoms with Crippen molar-refractivity contribution in [2.45, 2.75) is 32.7 Å². The van der Waals surface area contributed by atoms with Crippen LogP contribution in [0.1, 0.15) is 25.3 Å². The van der Waals surface area contributed by atoms with Crippen LogP contribution in [0, 0.1) is 6.92 Å². The molecule has 3 heteroatoms. The van der Waals surface area contributed by atoms with Gasteiger partial charge in [0.2, 0.25) is 0 Å². The van der Waals surface area contributed by atoms with E-state index in [2.05, 4.69) is 53.6 Å². The van der Waals surface area contributed by atoms with Gasteiger partial charge in [-0.1, -0.05) is 6.07 Å². The van der Waals surface area contributed by atoms with Crippen molar-refractivity contribution in [3.63, 3.8) is 0 Å². The van der Waals surface area contributed by atoms with Crippen LogP contribution < -0.4 is 4.90 Å². The molecular weight excluding hydrogens is 236 g/mol. The number of hydrogen-bond donors (Lipinski definition) is 0. The first-order valence-electron chi connectivity index (χ1n) is 7.22. The van der Waals surface area contributed by atoms with E-state index in [4.69, 9.17) is 4.74 Å². The summed E-state index contributed by atoms with van der Waals surface area (Å²) in [6.07, 6.45) is 4.43. The highest BCUT2D eigenvalue weighted by molar-refractivity contribution is 5.60. The lowest BCUT2D eigenvalue weighted by molar-refractivity contribution is 0.0844. The Bertz CT molecular complexity index is 555. The second-order valence-electron chi connectivity index (χ2n) is 5.27. The second kappa shape index (κ2) is 5.25. The maximum atomic E-state index is 5.50. The van der Waals surface area contributed by atoms with Crippen LogP contribution in [-0.4, -0.2) is 30.2 Å². The SMILES string of the molecule is CCN(c1c(C)ccc2cccn12)C1CCOCC1. The van der Waals surface area contributed by atoms with Gasteiger partial charge in [0.15, 0.2) is 0 Å². The van der Waals surface area contributed by atoms with Gasteiger partial charge >= 0.3 is 0 Å². The third kappa shape index (κ3) is 2.23. The van der Waals surface area contributed by atoms with Gasteiger partial charge in [-0.05, 0) is 50.5 Å². The van der Waals surface area contributed by atoms with Gasteiger partial charge in [0.1, 0.15) is 5.82 Å². The third-order valence-electron chi connectivity index (χ3n) is 4.11. The van der Waals surface area contributed by atoms with E-state index < -0.39 is 0 Å². The summed E-state index contributed by atoms with van der Waals surface area (Å²) in [5.74, 6) is 1.34. The molecule has 0 unspecified atom stereocenters. The first-order valence-corrected chi connectivity index (χ1v) is 7.22. The molecule has 1 aliphatic rings. The topological polar surface area (TPSA) is 16.9 Å². The molecule has 0 bridgehead atoms. The number of anilines is 1. The standard InChI is InChI=1S/C16H22N2O/c1-3-17(15-8-11-19-12-9-15)16-13(2)6-7-14-5-4-10-18(14)16/h4-7,10,15H,3,8-9,11-12H2,1-2H3. The van der Waals surface area contributed by atoms with E-state index in [9.17, 15) is 0 Å².